The summed E-state index contributed by atoms with van der Waals surface area (Å²) < 4.78 is 5.11. The van der Waals surface area contributed by atoms with E-state index in [1.54, 1.807) is 13.3 Å². The molecule has 4 nitrogen and oxygen atoms in total. The van der Waals surface area contributed by atoms with Crippen molar-refractivity contribution in [3.8, 4) is 0 Å². The van der Waals surface area contributed by atoms with E-state index in [9.17, 15) is 0 Å². The van der Waals surface area contributed by atoms with Crippen LogP contribution in [0.3, 0.4) is 0 Å². The topological polar surface area (TPSA) is 47.0 Å². The summed E-state index contributed by atoms with van der Waals surface area (Å²) in [5, 5.41) is 11.2. The van der Waals surface area contributed by atoms with Crippen LogP contribution in [-0.4, -0.2) is 30.5 Å². The van der Waals surface area contributed by atoms with E-state index in [4.69, 9.17) is 4.74 Å². The van der Waals surface area contributed by atoms with Gasteiger partial charge >= 0.3 is 0 Å². The summed E-state index contributed by atoms with van der Waals surface area (Å²) in [6, 6.07) is 3.84. The molecular weight excluding hydrogens is 190 g/mol. The quantitative estimate of drug-likeness (QED) is 0.771. The fourth-order valence-corrected chi connectivity index (χ4v) is 1.68. The molecule has 0 radical (unpaired) electrons. The molecule has 1 heterocycles. The molecule has 1 aliphatic carbocycles. The summed E-state index contributed by atoms with van der Waals surface area (Å²) >= 11 is 0. The van der Waals surface area contributed by atoms with E-state index < -0.39 is 0 Å². The van der Waals surface area contributed by atoms with Crippen LogP contribution in [0.15, 0.2) is 18.3 Å². The number of aromatic nitrogens is 2. The summed E-state index contributed by atoms with van der Waals surface area (Å²) in [5.74, 6) is 0.862. The molecule has 1 saturated carbocycles. The minimum Gasteiger partial charge on any atom is -0.385 e. The Hall–Kier alpha value is -1.16. The molecule has 1 aromatic heterocycles. The van der Waals surface area contributed by atoms with E-state index in [0.717, 1.165) is 25.4 Å². The molecule has 4 heteroatoms. The number of nitrogens with zero attached hydrogens (tertiary/aromatic N) is 2. The van der Waals surface area contributed by atoms with Gasteiger partial charge in [0.2, 0.25) is 0 Å². The van der Waals surface area contributed by atoms with Gasteiger partial charge in [-0.05, 0) is 36.8 Å². The number of hydrogen-bond acceptors (Lipinski definition) is 4. The Labute approximate surface area is 90.1 Å². The number of ether oxygens (including phenoxy) is 1. The second-order valence-electron chi connectivity index (χ2n) is 4.21. The molecule has 0 aromatic carbocycles. The van der Waals surface area contributed by atoms with Crippen molar-refractivity contribution in [1.29, 1.82) is 0 Å². The van der Waals surface area contributed by atoms with Gasteiger partial charge in [-0.3, -0.25) is 0 Å². The lowest BCUT2D eigenvalue weighted by Crippen LogP contribution is -2.17. The molecule has 0 unspecified atom stereocenters. The molecule has 0 spiro atoms. The van der Waals surface area contributed by atoms with Crippen LogP contribution in [0, 0.1) is 5.41 Å². The van der Waals surface area contributed by atoms with Gasteiger partial charge < -0.3 is 10.1 Å². The number of nitrogens with one attached hydrogen (secondary N) is 1. The predicted molar refractivity (Wildman–Crippen MR) is 58.7 cm³/mol. The molecule has 0 amide bonds. The second-order valence-corrected chi connectivity index (χ2v) is 4.21. The lowest BCUT2D eigenvalue weighted by Gasteiger charge is -2.15. The Balaban J connectivity index is 1.78. The van der Waals surface area contributed by atoms with Crippen molar-refractivity contribution in [3.63, 3.8) is 0 Å². The molecule has 0 aliphatic heterocycles. The number of methoxy groups -OCH3 is 1. The average molecular weight is 207 g/mol. The van der Waals surface area contributed by atoms with E-state index in [-0.39, 0.29) is 0 Å². The molecular formula is C11H17N3O. The van der Waals surface area contributed by atoms with Gasteiger partial charge in [0.25, 0.3) is 0 Å². The van der Waals surface area contributed by atoms with Gasteiger partial charge in [0.1, 0.15) is 5.82 Å². The minimum atomic E-state index is 0.452. The van der Waals surface area contributed by atoms with Crippen molar-refractivity contribution in [2.24, 2.45) is 5.41 Å². The first kappa shape index (κ1) is 10.4. The van der Waals surface area contributed by atoms with E-state index in [1.807, 2.05) is 12.1 Å². The third-order valence-electron chi connectivity index (χ3n) is 3.01. The molecule has 2 rings (SSSR count). The van der Waals surface area contributed by atoms with Gasteiger partial charge in [-0.25, -0.2) is 0 Å². The van der Waals surface area contributed by atoms with Crippen molar-refractivity contribution >= 4 is 5.82 Å². The molecule has 0 saturated heterocycles. The van der Waals surface area contributed by atoms with Gasteiger partial charge in [-0.1, -0.05) is 0 Å². The Morgan fingerprint density at radius 1 is 1.53 bits per heavy atom. The smallest absolute Gasteiger partial charge is 0.148 e. The van der Waals surface area contributed by atoms with Crippen molar-refractivity contribution in [1.82, 2.24) is 10.2 Å². The third-order valence-corrected chi connectivity index (χ3v) is 3.01. The van der Waals surface area contributed by atoms with Crippen LogP contribution in [0.25, 0.3) is 0 Å². The monoisotopic (exact) mass is 207 g/mol. The summed E-state index contributed by atoms with van der Waals surface area (Å²) in [5.41, 5.74) is 0.452. The van der Waals surface area contributed by atoms with Crippen LogP contribution in [-0.2, 0) is 4.74 Å². The maximum Gasteiger partial charge on any atom is 0.148 e. The number of anilines is 1. The molecule has 1 aromatic rings. The summed E-state index contributed by atoms with van der Waals surface area (Å²) in [6.45, 7) is 1.83. The Morgan fingerprint density at radius 3 is 3.00 bits per heavy atom. The number of rotatable bonds is 6. The highest BCUT2D eigenvalue weighted by molar-refractivity contribution is 5.32. The van der Waals surface area contributed by atoms with Crippen LogP contribution >= 0.6 is 0 Å². The summed E-state index contributed by atoms with van der Waals surface area (Å²) in [7, 11) is 1.76. The van der Waals surface area contributed by atoms with Crippen molar-refractivity contribution in [3.05, 3.63) is 18.3 Å². The normalized spacial score (nSPS) is 17.4. The second kappa shape index (κ2) is 4.57. The van der Waals surface area contributed by atoms with Gasteiger partial charge in [-0.2, -0.15) is 5.10 Å². The molecule has 1 aliphatic rings. The minimum absolute atomic E-state index is 0.452. The van der Waals surface area contributed by atoms with Gasteiger partial charge in [0.15, 0.2) is 0 Å². The van der Waals surface area contributed by atoms with Gasteiger partial charge in [0, 0.05) is 26.5 Å². The highest BCUT2D eigenvalue weighted by Crippen LogP contribution is 2.48. The standard InChI is InChI=1S/C11H17N3O/c1-15-8-6-11(4-5-11)9-12-10-3-2-7-13-14-10/h2-3,7H,4-6,8-9H2,1H3,(H,12,14). The van der Waals surface area contributed by atoms with Crippen LogP contribution in [0.2, 0.25) is 0 Å². The van der Waals surface area contributed by atoms with Crippen LogP contribution in [0.4, 0.5) is 5.82 Å². The van der Waals surface area contributed by atoms with E-state index in [0.29, 0.717) is 5.41 Å². The molecule has 1 fully saturated rings. The van der Waals surface area contributed by atoms with Crippen molar-refractivity contribution in [2.45, 2.75) is 19.3 Å². The zero-order chi connectivity index (χ0) is 10.6. The number of hydrogen-bond donors (Lipinski definition) is 1. The van der Waals surface area contributed by atoms with Crippen molar-refractivity contribution in [2.75, 3.05) is 25.6 Å². The van der Waals surface area contributed by atoms with Crippen molar-refractivity contribution < 1.29 is 4.74 Å². The van der Waals surface area contributed by atoms with E-state index in [2.05, 4.69) is 15.5 Å². The molecule has 15 heavy (non-hydrogen) atoms. The SMILES string of the molecule is COCCC1(CNc2cccnn2)CC1. The maximum absolute atomic E-state index is 5.11. The zero-order valence-corrected chi connectivity index (χ0v) is 9.07. The van der Waals surface area contributed by atoms with Crippen LogP contribution in [0.1, 0.15) is 19.3 Å². The lowest BCUT2D eigenvalue weighted by atomic mass is 10.0. The first-order chi connectivity index (χ1) is 7.35. The van der Waals surface area contributed by atoms with Gasteiger partial charge in [0.05, 0.1) is 0 Å². The first-order valence-corrected chi connectivity index (χ1v) is 5.35. The predicted octanol–water partition coefficient (Wildman–Crippen LogP) is 1.71. The highest BCUT2D eigenvalue weighted by atomic mass is 16.5. The van der Waals surface area contributed by atoms with E-state index >= 15 is 0 Å². The fourth-order valence-electron chi connectivity index (χ4n) is 1.68. The maximum atomic E-state index is 5.11. The Bertz CT molecular complexity index is 298. The average Bonchev–Trinajstić information content (AvgIpc) is 3.06. The molecule has 1 N–H and O–H groups in total. The zero-order valence-electron chi connectivity index (χ0n) is 9.07. The fraction of sp³-hybridized carbons (Fsp3) is 0.636. The van der Waals surface area contributed by atoms with Crippen LogP contribution in [0.5, 0.6) is 0 Å². The summed E-state index contributed by atoms with van der Waals surface area (Å²) in [4.78, 5) is 0. The first-order valence-electron chi connectivity index (χ1n) is 5.35. The molecule has 0 atom stereocenters. The third kappa shape index (κ3) is 2.89. The largest absolute Gasteiger partial charge is 0.385 e. The Kier molecular flexibility index (Phi) is 3.16. The lowest BCUT2D eigenvalue weighted by molar-refractivity contribution is 0.175. The van der Waals surface area contributed by atoms with Gasteiger partial charge in [-0.15, -0.1) is 5.10 Å². The Morgan fingerprint density at radius 2 is 2.40 bits per heavy atom. The highest BCUT2D eigenvalue weighted by Gasteiger charge is 2.41. The van der Waals surface area contributed by atoms with E-state index in [1.165, 1.54) is 12.8 Å². The van der Waals surface area contributed by atoms with Crippen LogP contribution < -0.4 is 5.32 Å². The molecule has 82 valence electrons. The summed E-state index contributed by atoms with van der Waals surface area (Å²) in [6.07, 6.45) is 5.41. The molecule has 0 bridgehead atoms.